The lowest BCUT2D eigenvalue weighted by atomic mass is 10.1. The number of methoxy groups -OCH3 is 2. The van der Waals surface area contributed by atoms with Gasteiger partial charge in [0.1, 0.15) is 11.3 Å². The van der Waals surface area contributed by atoms with Crippen molar-refractivity contribution in [3.63, 3.8) is 0 Å². The van der Waals surface area contributed by atoms with E-state index >= 15 is 0 Å². The molecule has 1 aromatic heterocycles. The van der Waals surface area contributed by atoms with Crippen molar-refractivity contribution in [2.75, 3.05) is 14.2 Å². The molecule has 20 heavy (non-hydrogen) atoms. The summed E-state index contributed by atoms with van der Waals surface area (Å²) >= 11 is 0. The van der Waals surface area contributed by atoms with Crippen LogP contribution in [-0.2, 0) is 0 Å². The number of benzene rings is 2. The van der Waals surface area contributed by atoms with Crippen molar-refractivity contribution in [1.82, 2.24) is 0 Å². The predicted molar refractivity (Wildman–Crippen MR) is 73.8 cm³/mol. The van der Waals surface area contributed by atoms with Crippen LogP contribution in [0.1, 0.15) is 10.6 Å². The van der Waals surface area contributed by atoms with Gasteiger partial charge in [0.15, 0.2) is 5.75 Å². The number of carboxylic acids is 1. The molecule has 3 rings (SSSR count). The maximum atomic E-state index is 11.2. The molecule has 0 aliphatic rings. The first-order valence-electron chi connectivity index (χ1n) is 5.96. The molecule has 0 spiro atoms. The second kappa shape index (κ2) is 4.45. The van der Waals surface area contributed by atoms with Gasteiger partial charge in [0.2, 0.25) is 0 Å². The molecule has 0 atom stereocenters. The van der Waals surface area contributed by atoms with Gasteiger partial charge in [-0.1, -0.05) is 6.07 Å². The van der Waals surface area contributed by atoms with E-state index in [2.05, 4.69) is 0 Å². The second-order valence-electron chi connectivity index (χ2n) is 4.30. The average molecular weight is 272 g/mol. The molecule has 0 aliphatic carbocycles. The third-order valence-corrected chi connectivity index (χ3v) is 3.23. The minimum atomic E-state index is -1.15. The fourth-order valence-electron chi connectivity index (χ4n) is 2.34. The molecule has 102 valence electrons. The summed E-state index contributed by atoms with van der Waals surface area (Å²) < 4.78 is 15.8. The van der Waals surface area contributed by atoms with Crippen LogP contribution < -0.4 is 9.47 Å². The number of carboxylic acid groups (broad SMARTS) is 1. The second-order valence-corrected chi connectivity index (χ2v) is 4.30. The summed E-state index contributed by atoms with van der Waals surface area (Å²) in [5.41, 5.74) is 0.483. The van der Waals surface area contributed by atoms with Crippen LogP contribution >= 0.6 is 0 Å². The van der Waals surface area contributed by atoms with Gasteiger partial charge in [0.25, 0.3) is 5.76 Å². The van der Waals surface area contributed by atoms with Gasteiger partial charge in [-0.05, 0) is 35.0 Å². The molecular formula is C15H12O5. The van der Waals surface area contributed by atoms with Crippen molar-refractivity contribution in [3.05, 3.63) is 36.1 Å². The third-order valence-electron chi connectivity index (χ3n) is 3.23. The molecule has 5 nitrogen and oxygen atoms in total. The lowest BCUT2D eigenvalue weighted by molar-refractivity contribution is 0.0660. The molecule has 0 saturated heterocycles. The minimum Gasteiger partial charge on any atom is -0.497 e. The standard InChI is InChI=1S/C15H12O5/c1-18-9-4-5-10-8(7-9)3-6-11-12(10)13(19-2)14(20-11)15(16)17/h3-7H,1-2H3,(H,16,17). The molecule has 3 aromatic rings. The zero-order chi connectivity index (χ0) is 14.3. The van der Waals surface area contributed by atoms with E-state index in [4.69, 9.17) is 19.0 Å². The van der Waals surface area contributed by atoms with E-state index in [0.717, 1.165) is 16.5 Å². The quantitative estimate of drug-likeness (QED) is 0.792. The highest BCUT2D eigenvalue weighted by atomic mass is 16.5. The summed E-state index contributed by atoms with van der Waals surface area (Å²) in [6.45, 7) is 0. The highest BCUT2D eigenvalue weighted by Crippen LogP contribution is 2.38. The van der Waals surface area contributed by atoms with Crippen molar-refractivity contribution in [2.45, 2.75) is 0 Å². The summed E-state index contributed by atoms with van der Waals surface area (Å²) in [5, 5.41) is 11.6. The molecule has 0 saturated carbocycles. The number of furan rings is 1. The Kier molecular flexibility index (Phi) is 2.75. The molecule has 1 heterocycles. The lowest BCUT2D eigenvalue weighted by Crippen LogP contribution is -1.96. The molecule has 0 aliphatic heterocycles. The number of fused-ring (bicyclic) bond motifs is 3. The molecule has 5 heteroatoms. The van der Waals surface area contributed by atoms with Crippen molar-refractivity contribution < 1.29 is 23.8 Å². The molecule has 0 amide bonds. The maximum absolute atomic E-state index is 11.2. The number of hydrogen-bond donors (Lipinski definition) is 1. The summed E-state index contributed by atoms with van der Waals surface area (Å²) in [6, 6.07) is 9.14. The zero-order valence-corrected chi connectivity index (χ0v) is 11.0. The van der Waals surface area contributed by atoms with Crippen LogP contribution in [0.15, 0.2) is 34.7 Å². The van der Waals surface area contributed by atoms with Crippen LogP contribution in [-0.4, -0.2) is 25.3 Å². The molecule has 0 fully saturated rings. The first kappa shape index (κ1) is 12.3. The Morgan fingerprint density at radius 3 is 2.60 bits per heavy atom. The number of rotatable bonds is 3. The minimum absolute atomic E-state index is 0.189. The summed E-state index contributed by atoms with van der Waals surface area (Å²) in [5.74, 6) is -0.369. The zero-order valence-electron chi connectivity index (χ0n) is 11.0. The van der Waals surface area contributed by atoms with Crippen molar-refractivity contribution in [1.29, 1.82) is 0 Å². The van der Waals surface area contributed by atoms with Crippen LogP contribution in [0.5, 0.6) is 11.5 Å². The number of carbonyl (C=O) groups is 1. The lowest BCUT2D eigenvalue weighted by Gasteiger charge is -2.04. The van der Waals surface area contributed by atoms with Crippen LogP contribution in [0.3, 0.4) is 0 Å². The fourth-order valence-corrected chi connectivity index (χ4v) is 2.34. The maximum Gasteiger partial charge on any atom is 0.375 e. The number of aromatic carboxylic acids is 1. The van der Waals surface area contributed by atoms with Gasteiger partial charge in [-0.25, -0.2) is 4.79 Å². The Balaban J connectivity index is 2.43. The van der Waals surface area contributed by atoms with Crippen LogP contribution in [0.25, 0.3) is 21.7 Å². The Morgan fingerprint density at radius 2 is 1.95 bits per heavy atom. The average Bonchev–Trinajstić information content (AvgIpc) is 2.85. The number of hydrogen-bond acceptors (Lipinski definition) is 4. The third kappa shape index (κ3) is 1.67. The summed E-state index contributed by atoms with van der Waals surface area (Å²) in [4.78, 5) is 11.2. The van der Waals surface area contributed by atoms with Gasteiger partial charge in [-0.3, -0.25) is 0 Å². The fraction of sp³-hybridized carbons (Fsp3) is 0.133. The van der Waals surface area contributed by atoms with E-state index in [1.807, 2.05) is 24.3 Å². The van der Waals surface area contributed by atoms with Gasteiger partial charge in [0.05, 0.1) is 19.6 Å². The highest BCUT2D eigenvalue weighted by Gasteiger charge is 2.22. The monoisotopic (exact) mass is 272 g/mol. The van der Waals surface area contributed by atoms with E-state index in [9.17, 15) is 4.79 Å². The van der Waals surface area contributed by atoms with E-state index < -0.39 is 5.97 Å². The number of ether oxygens (including phenoxy) is 2. The van der Waals surface area contributed by atoms with Gasteiger partial charge in [-0.15, -0.1) is 0 Å². The Labute approximate surface area is 114 Å². The first-order valence-corrected chi connectivity index (χ1v) is 5.96. The van der Waals surface area contributed by atoms with Gasteiger partial charge in [-0.2, -0.15) is 0 Å². The molecular weight excluding hydrogens is 260 g/mol. The van der Waals surface area contributed by atoms with Crippen molar-refractivity contribution in [3.8, 4) is 11.5 Å². The Morgan fingerprint density at radius 1 is 1.15 bits per heavy atom. The molecule has 0 unspecified atom stereocenters. The summed E-state index contributed by atoms with van der Waals surface area (Å²) in [7, 11) is 3.03. The van der Waals surface area contributed by atoms with Gasteiger partial charge >= 0.3 is 5.97 Å². The highest BCUT2D eigenvalue weighted by molar-refractivity contribution is 6.12. The normalized spacial score (nSPS) is 10.9. The smallest absolute Gasteiger partial charge is 0.375 e. The van der Waals surface area contributed by atoms with Crippen LogP contribution in [0.2, 0.25) is 0 Å². The van der Waals surface area contributed by atoms with Crippen LogP contribution in [0.4, 0.5) is 0 Å². The van der Waals surface area contributed by atoms with Crippen molar-refractivity contribution in [2.24, 2.45) is 0 Å². The largest absolute Gasteiger partial charge is 0.497 e. The Bertz CT molecular complexity index is 816. The predicted octanol–water partition coefficient (Wildman–Crippen LogP) is 3.30. The molecule has 0 bridgehead atoms. The van der Waals surface area contributed by atoms with Gasteiger partial charge in [0, 0.05) is 0 Å². The first-order chi connectivity index (χ1) is 9.65. The van der Waals surface area contributed by atoms with Crippen molar-refractivity contribution >= 4 is 27.7 Å². The topological polar surface area (TPSA) is 68.9 Å². The van der Waals surface area contributed by atoms with E-state index in [1.165, 1.54) is 7.11 Å². The molecule has 0 radical (unpaired) electrons. The van der Waals surface area contributed by atoms with E-state index in [0.29, 0.717) is 11.0 Å². The molecule has 2 aromatic carbocycles. The van der Waals surface area contributed by atoms with E-state index in [1.54, 1.807) is 13.2 Å². The molecule has 1 N–H and O–H groups in total. The Hall–Kier alpha value is -2.69. The summed E-state index contributed by atoms with van der Waals surface area (Å²) in [6.07, 6.45) is 0. The van der Waals surface area contributed by atoms with E-state index in [-0.39, 0.29) is 11.5 Å². The SMILES string of the molecule is COc1ccc2c(ccc3oc(C(=O)O)c(OC)c32)c1. The van der Waals surface area contributed by atoms with Crippen LogP contribution in [0, 0.1) is 0 Å². The van der Waals surface area contributed by atoms with Gasteiger partial charge < -0.3 is 19.0 Å².